The molecule has 3 rings (SSSR count). The van der Waals surface area contributed by atoms with E-state index < -0.39 is 5.60 Å². The summed E-state index contributed by atoms with van der Waals surface area (Å²) in [5.74, 6) is -0.177. The Kier molecular flexibility index (Phi) is 4.21. The molecule has 1 heterocycles. The van der Waals surface area contributed by atoms with E-state index in [1.807, 2.05) is 25.1 Å². The highest BCUT2D eigenvalue weighted by Crippen LogP contribution is 2.32. The van der Waals surface area contributed by atoms with E-state index in [9.17, 15) is 9.90 Å². The van der Waals surface area contributed by atoms with Crippen molar-refractivity contribution >= 4 is 28.8 Å². The lowest BCUT2D eigenvalue weighted by atomic mass is 9.80. The highest BCUT2D eigenvalue weighted by Gasteiger charge is 2.34. The van der Waals surface area contributed by atoms with Crippen molar-refractivity contribution in [3.63, 3.8) is 0 Å². The Morgan fingerprint density at radius 1 is 1.50 bits per heavy atom. The first-order valence-corrected chi connectivity index (χ1v) is 8.40. The van der Waals surface area contributed by atoms with Crippen molar-refractivity contribution in [1.82, 2.24) is 10.3 Å². The second-order valence-corrected chi connectivity index (χ2v) is 7.14. The van der Waals surface area contributed by atoms with E-state index in [0.717, 1.165) is 29.8 Å². The largest absolute Gasteiger partial charge is 0.388 e. The number of rotatable bonds is 4. The van der Waals surface area contributed by atoms with Gasteiger partial charge in [0.25, 0.3) is 5.91 Å². The lowest BCUT2D eigenvalue weighted by Crippen LogP contribution is -2.47. The monoisotopic (exact) mass is 336 g/mol. The van der Waals surface area contributed by atoms with Crippen LogP contribution in [0.25, 0.3) is 10.6 Å². The number of thiazole rings is 1. The van der Waals surface area contributed by atoms with Gasteiger partial charge >= 0.3 is 0 Å². The second-order valence-electron chi connectivity index (χ2n) is 5.70. The Morgan fingerprint density at radius 3 is 2.91 bits per heavy atom. The summed E-state index contributed by atoms with van der Waals surface area (Å²) in [4.78, 5) is 17.3. The van der Waals surface area contributed by atoms with Crippen molar-refractivity contribution < 1.29 is 9.90 Å². The number of hydrogen-bond acceptors (Lipinski definition) is 4. The van der Waals surface area contributed by atoms with Gasteiger partial charge in [-0.1, -0.05) is 23.7 Å². The van der Waals surface area contributed by atoms with E-state index in [1.54, 1.807) is 6.07 Å². The fourth-order valence-corrected chi connectivity index (χ4v) is 3.61. The first kappa shape index (κ1) is 15.5. The molecule has 2 N–H and O–H groups in total. The minimum absolute atomic E-state index is 0.177. The number of aromatic nitrogens is 1. The molecule has 0 atom stereocenters. The highest BCUT2D eigenvalue weighted by atomic mass is 35.5. The Labute approximate surface area is 138 Å². The van der Waals surface area contributed by atoms with Gasteiger partial charge in [0, 0.05) is 17.1 Å². The quantitative estimate of drug-likeness (QED) is 0.899. The van der Waals surface area contributed by atoms with E-state index in [0.29, 0.717) is 22.1 Å². The van der Waals surface area contributed by atoms with Crippen LogP contribution in [0.5, 0.6) is 0 Å². The first-order chi connectivity index (χ1) is 10.5. The summed E-state index contributed by atoms with van der Waals surface area (Å²) in [7, 11) is 0. The predicted octanol–water partition coefficient (Wildman–Crippen LogP) is 3.42. The summed E-state index contributed by atoms with van der Waals surface area (Å²) in [5.41, 5.74) is 0.875. The van der Waals surface area contributed by atoms with Crippen molar-refractivity contribution in [2.45, 2.75) is 31.8 Å². The third-order valence-electron chi connectivity index (χ3n) is 3.94. The standard InChI is InChI=1S/C16H17ClN2O2S/c1-10-13(14(20)18-9-16(21)6-3-7-16)22-15(19-10)11-4-2-5-12(17)8-11/h2,4-5,8,21H,3,6-7,9H2,1H3,(H,18,20). The lowest BCUT2D eigenvalue weighted by Gasteiger charge is -2.36. The maximum absolute atomic E-state index is 12.3. The average Bonchev–Trinajstić information content (AvgIpc) is 2.85. The van der Waals surface area contributed by atoms with Crippen molar-refractivity contribution in [3.05, 3.63) is 39.9 Å². The molecule has 0 radical (unpaired) electrons. The molecule has 0 aliphatic heterocycles. The summed E-state index contributed by atoms with van der Waals surface area (Å²) in [6, 6.07) is 7.42. The van der Waals surface area contributed by atoms with Crippen LogP contribution in [0.2, 0.25) is 5.02 Å². The van der Waals surface area contributed by atoms with Gasteiger partial charge in [-0.2, -0.15) is 0 Å². The van der Waals surface area contributed by atoms with Gasteiger partial charge < -0.3 is 10.4 Å². The summed E-state index contributed by atoms with van der Waals surface area (Å²) >= 11 is 7.34. The third kappa shape index (κ3) is 3.16. The average molecular weight is 337 g/mol. The van der Waals surface area contributed by atoms with E-state index in [-0.39, 0.29) is 5.91 Å². The summed E-state index contributed by atoms with van der Waals surface area (Å²) in [5, 5.41) is 14.3. The number of carbonyl (C=O) groups is 1. The zero-order valence-corrected chi connectivity index (χ0v) is 13.8. The van der Waals surface area contributed by atoms with Crippen LogP contribution in [0, 0.1) is 6.92 Å². The summed E-state index contributed by atoms with van der Waals surface area (Å²) < 4.78 is 0. The number of aryl methyl sites for hydroxylation is 1. The van der Waals surface area contributed by atoms with Gasteiger partial charge in [-0.15, -0.1) is 11.3 Å². The molecule has 6 heteroatoms. The van der Waals surface area contributed by atoms with Crippen LogP contribution in [-0.4, -0.2) is 28.1 Å². The molecular weight excluding hydrogens is 320 g/mol. The van der Waals surface area contributed by atoms with E-state index in [4.69, 9.17) is 11.6 Å². The molecule has 1 aromatic heterocycles. The molecule has 1 saturated carbocycles. The fraction of sp³-hybridized carbons (Fsp3) is 0.375. The van der Waals surface area contributed by atoms with E-state index in [1.165, 1.54) is 11.3 Å². The minimum Gasteiger partial charge on any atom is -0.388 e. The Balaban J connectivity index is 1.75. The van der Waals surface area contributed by atoms with Crippen LogP contribution >= 0.6 is 22.9 Å². The van der Waals surface area contributed by atoms with Gasteiger partial charge in [-0.25, -0.2) is 4.98 Å². The van der Waals surface area contributed by atoms with E-state index >= 15 is 0 Å². The molecule has 22 heavy (non-hydrogen) atoms. The number of halogens is 1. The number of aliphatic hydroxyl groups is 1. The molecule has 4 nitrogen and oxygen atoms in total. The maximum Gasteiger partial charge on any atom is 0.263 e. The predicted molar refractivity (Wildman–Crippen MR) is 88.4 cm³/mol. The number of nitrogens with zero attached hydrogens (tertiary/aromatic N) is 1. The van der Waals surface area contributed by atoms with Crippen LogP contribution < -0.4 is 5.32 Å². The molecule has 0 saturated heterocycles. The number of benzene rings is 1. The zero-order chi connectivity index (χ0) is 15.7. The number of amides is 1. The van der Waals surface area contributed by atoms with Crippen molar-refractivity contribution in [1.29, 1.82) is 0 Å². The molecule has 1 aliphatic carbocycles. The molecular formula is C16H17ClN2O2S. The van der Waals surface area contributed by atoms with Gasteiger partial charge in [0.15, 0.2) is 0 Å². The number of nitrogens with one attached hydrogen (secondary N) is 1. The Hall–Kier alpha value is -1.43. The van der Waals surface area contributed by atoms with Crippen LogP contribution in [0.15, 0.2) is 24.3 Å². The molecule has 2 aromatic rings. The molecule has 0 spiro atoms. The second kappa shape index (κ2) is 5.99. The zero-order valence-electron chi connectivity index (χ0n) is 12.2. The molecule has 1 amide bonds. The van der Waals surface area contributed by atoms with E-state index in [2.05, 4.69) is 10.3 Å². The molecule has 1 fully saturated rings. The summed E-state index contributed by atoms with van der Waals surface area (Å²) in [6.07, 6.45) is 2.52. The van der Waals surface area contributed by atoms with Gasteiger partial charge in [-0.05, 0) is 38.3 Å². The summed E-state index contributed by atoms with van der Waals surface area (Å²) in [6.45, 7) is 2.12. The van der Waals surface area contributed by atoms with Crippen LogP contribution in [0.3, 0.4) is 0 Å². The smallest absolute Gasteiger partial charge is 0.263 e. The maximum atomic E-state index is 12.3. The van der Waals surface area contributed by atoms with Gasteiger partial charge in [0.1, 0.15) is 9.88 Å². The van der Waals surface area contributed by atoms with Gasteiger partial charge in [0.2, 0.25) is 0 Å². The molecule has 0 bridgehead atoms. The first-order valence-electron chi connectivity index (χ1n) is 7.21. The topological polar surface area (TPSA) is 62.2 Å². The van der Waals surface area contributed by atoms with Crippen LogP contribution in [0.1, 0.15) is 34.6 Å². The van der Waals surface area contributed by atoms with Crippen molar-refractivity contribution in [2.24, 2.45) is 0 Å². The molecule has 116 valence electrons. The fourth-order valence-electron chi connectivity index (χ4n) is 2.44. The molecule has 0 unspecified atom stereocenters. The number of hydrogen-bond donors (Lipinski definition) is 2. The molecule has 1 aliphatic rings. The Bertz CT molecular complexity index is 710. The van der Waals surface area contributed by atoms with Crippen molar-refractivity contribution in [2.75, 3.05) is 6.54 Å². The highest BCUT2D eigenvalue weighted by molar-refractivity contribution is 7.17. The normalized spacial score (nSPS) is 16.1. The Morgan fingerprint density at radius 2 is 2.27 bits per heavy atom. The molecule has 1 aromatic carbocycles. The number of carbonyl (C=O) groups excluding carboxylic acids is 1. The minimum atomic E-state index is -0.718. The lowest BCUT2D eigenvalue weighted by molar-refractivity contribution is -0.0300. The van der Waals surface area contributed by atoms with Gasteiger partial charge in [0.05, 0.1) is 11.3 Å². The third-order valence-corrected chi connectivity index (χ3v) is 5.38. The van der Waals surface area contributed by atoms with Crippen molar-refractivity contribution in [3.8, 4) is 10.6 Å². The van der Waals surface area contributed by atoms with Crippen LogP contribution in [-0.2, 0) is 0 Å². The van der Waals surface area contributed by atoms with Crippen LogP contribution in [0.4, 0.5) is 0 Å². The SMILES string of the molecule is Cc1nc(-c2cccc(Cl)c2)sc1C(=O)NCC1(O)CCC1. The van der Waals surface area contributed by atoms with Gasteiger partial charge in [-0.3, -0.25) is 4.79 Å².